The van der Waals surface area contributed by atoms with E-state index in [2.05, 4.69) is 18.0 Å². The van der Waals surface area contributed by atoms with Crippen LogP contribution in [0.3, 0.4) is 0 Å². The minimum absolute atomic E-state index is 0.0240. The molecule has 1 unspecified atom stereocenters. The number of aromatic nitrogens is 1. The van der Waals surface area contributed by atoms with E-state index in [1.807, 2.05) is 19.1 Å². The molecule has 34 heavy (non-hydrogen) atoms. The first-order valence-electron chi connectivity index (χ1n) is 10.5. The summed E-state index contributed by atoms with van der Waals surface area (Å²) in [4.78, 5) is 13.5. The molecule has 0 saturated heterocycles. The van der Waals surface area contributed by atoms with Crippen LogP contribution in [0.5, 0.6) is 0 Å². The predicted molar refractivity (Wildman–Crippen MR) is 131 cm³/mol. The molecule has 7 heteroatoms. The molecule has 1 heterocycles. The van der Waals surface area contributed by atoms with Crippen molar-refractivity contribution in [2.75, 3.05) is 0 Å². The number of amides is 1. The zero-order chi connectivity index (χ0) is 24.4. The number of benzene rings is 3. The lowest BCUT2D eigenvalue weighted by Crippen LogP contribution is -2.29. The van der Waals surface area contributed by atoms with Gasteiger partial charge >= 0.3 is 0 Å². The Bertz CT molecular complexity index is 1450. The number of fused-ring (bicyclic) bond motifs is 1. The van der Waals surface area contributed by atoms with E-state index >= 15 is 0 Å². The number of halogens is 2. The minimum atomic E-state index is -0.551. The summed E-state index contributed by atoms with van der Waals surface area (Å²) in [6, 6.07) is 20.5. The van der Waals surface area contributed by atoms with Crippen LogP contribution in [-0.2, 0) is 6.54 Å². The molecule has 1 aromatic heterocycles. The second kappa shape index (κ2) is 9.42. The van der Waals surface area contributed by atoms with Gasteiger partial charge in [-0.3, -0.25) is 4.79 Å². The van der Waals surface area contributed by atoms with Gasteiger partial charge in [0.05, 0.1) is 22.1 Å². The van der Waals surface area contributed by atoms with Gasteiger partial charge in [0.15, 0.2) is 0 Å². The smallest absolute Gasteiger partial charge is 0.269 e. The molecule has 3 aromatic carbocycles. The molecule has 0 spiro atoms. The van der Waals surface area contributed by atoms with Crippen LogP contribution in [0.25, 0.3) is 16.7 Å². The zero-order valence-electron chi connectivity index (χ0n) is 18.3. The number of carbonyl (C=O) groups excluding carboxylic acids is 1. The highest BCUT2D eigenvalue weighted by Crippen LogP contribution is 2.29. The number of hydrogen-bond acceptors (Lipinski definition) is 3. The topological polar surface area (TPSA) is 78.1 Å². The van der Waals surface area contributed by atoms with Crippen LogP contribution < -0.4 is 5.32 Å². The molecular weight excluding hydrogens is 453 g/mol. The van der Waals surface area contributed by atoms with Gasteiger partial charge in [0.2, 0.25) is 0 Å². The Kier molecular flexibility index (Phi) is 6.40. The Balaban J connectivity index is 1.75. The van der Waals surface area contributed by atoms with Crippen LogP contribution in [-0.4, -0.2) is 15.6 Å². The molecule has 0 bridgehead atoms. The lowest BCUT2D eigenvalue weighted by Gasteiger charge is -2.17. The Morgan fingerprint density at radius 3 is 2.56 bits per heavy atom. The highest BCUT2D eigenvalue weighted by atomic mass is 35.5. The van der Waals surface area contributed by atoms with E-state index in [1.165, 1.54) is 6.07 Å². The number of nitriles is 1. The van der Waals surface area contributed by atoms with Gasteiger partial charge in [-0.15, -0.1) is 0 Å². The fourth-order valence-electron chi connectivity index (χ4n) is 3.97. The molecule has 1 amide bonds. The van der Waals surface area contributed by atoms with Crippen molar-refractivity contribution >= 4 is 34.2 Å². The van der Waals surface area contributed by atoms with Crippen LogP contribution >= 0.6 is 11.6 Å². The lowest BCUT2D eigenvalue weighted by atomic mass is 10.0. The Morgan fingerprint density at radius 2 is 1.88 bits per heavy atom. The molecule has 0 saturated carbocycles. The van der Waals surface area contributed by atoms with Gasteiger partial charge in [0.1, 0.15) is 23.3 Å². The molecule has 1 atom stereocenters. The van der Waals surface area contributed by atoms with Gasteiger partial charge in [0.25, 0.3) is 5.91 Å². The largest absolute Gasteiger partial charge is 0.508 e. The van der Waals surface area contributed by atoms with E-state index in [0.717, 1.165) is 5.56 Å². The van der Waals surface area contributed by atoms with Crippen LogP contribution in [0.4, 0.5) is 4.39 Å². The molecule has 4 rings (SSSR count). The number of hydrogen-bond donors (Lipinski definition) is 2. The van der Waals surface area contributed by atoms with Crippen molar-refractivity contribution in [1.29, 1.82) is 5.26 Å². The number of nitrogens with zero attached hydrogens (tertiary/aromatic N) is 2. The van der Waals surface area contributed by atoms with Crippen LogP contribution in [0.1, 0.15) is 45.7 Å². The summed E-state index contributed by atoms with van der Waals surface area (Å²) >= 11 is 6.19. The zero-order valence-corrected chi connectivity index (χ0v) is 19.1. The summed E-state index contributed by atoms with van der Waals surface area (Å²) in [5.41, 5.74) is 2.97. The van der Waals surface area contributed by atoms with Gasteiger partial charge in [-0.05, 0) is 30.2 Å². The van der Waals surface area contributed by atoms with Crippen molar-refractivity contribution in [1.82, 2.24) is 9.88 Å². The fraction of sp³-hybridized carbons (Fsp3) is 0.111. The average Bonchev–Trinajstić information content (AvgIpc) is 3.15. The number of nitrogens with one attached hydrogen (secondary N) is 1. The summed E-state index contributed by atoms with van der Waals surface area (Å²) in [6.07, 6.45) is 0. The normalized spacial score (nSPS) is 11.7. The van der Waals surface area contributed by atoms with E-state index in [9.17, 15) is 19.6 Å². The van der Waals surface area contributed by atoms with Gasteiger partial charge < -0.3 is 15.0 Å². The SMILES string of the molecule is C=C(O)c1ccc(C(C)NC(=O)c2c(C#N)c3ccccc3n2Cc2cccc(F)c2Cl)cc1. The monoisotopic (exact) mass is 473 g/mol. The molecule has 0 aliphatic carbocycles. The van der Waals surface area contributed by atoms with E-state index in [0.29, 0.717) is 22.0 Å². The van der Waals surface area contributed by atoms with Crippen LogP contribution in [0.2, 0.25) is 5.02 Å². The number of rotatable bonds is 6. The minimum Gasteiger partial charge on any atom is -0.508 e. The van der Waals surface area contributed by atoms with Gasteiger partial charge in [0, 0.05) is 17.5 Å². The fourth-order valence-corrected chi connectivity index (χ4v) is 4.16. The van der Waals surface area contributed by atoms with E-state index in [-0.39, 0.29) is 34.6 Å². The molecular formula is C27H21ClFN3O2. The number of aliphatic hydroxyl groups excluding tert-OH is 1. The third-order valence-corrected chi connectivity index (χ3v) is 6.17. The summed E-state index contributed by atoms with van der Waals surface area (Å²) in [5, 5.41) is 23.0. The third kappa shape index (κ3) is 4.26. The molecule has 0 fully saturated rings. The molecule has 170 valence electrons. The highest BCUT2D eigenvalue weighted by molar-refractivity contribution is 6.31. The van der Waals surface area contributed by atoms with E-state index in [1.54, 1.807) is 53.1 Å². The van der Waals surface area contributed by atoms with Crippen molar-refractivity contribution < 1.29 is 14.3 Å². The van der Waals surface area contributed by atoms with E-state index < -0.39 is 11.7 Å². The average molecular weight is 474 g/mol. The molecule has 4 aromatic rings. The van der Waals surface area contributed by atoms with Crippen LogP contribution in [0.15, 0.2) is 73.3 Å². The predicted octanol–water partition coefficient (Wildman–Crippen LogP) is 6.37. The van der Waals surface area contributed by atoms with Crippen molar-refractivity contribution in [3.63, 3.8) is 0 Å². The van der Waals surface area contributed by atoms with Crippen LogP contribution in [0, 0.1) is 17.1 Å². The first kappa shape index (κ1) is 23.1. The standard InChI is InChI=1S/C27H21ClFN3O2/c1-16(18-10-12-19(13-11-18)17(2)33)31-27(34)26-22(14-30)21-7-3-4-9-24(21)32(26)15-20-6-5-8-23(29)25(20)28/h3-13,16,33H,2,15H2,1H3,(H,31,34). The first-order valence-corrected chi connectivity index (χ1v) is 10.9. The maximum absolute atomic E-state index is 14.1. The van der Waals surface area contributed by atoms with Gasteiger partial charge in [-0.1, -0.05) is 72.8 Å². The van der Waals surface area contributed by atoms with Crippen molar-refractivity contribution in [3.05, 3.63) is 112 Å². The third-order valence-electron chi connectivity index (χ3n) is 5.75. The van der Waals surface area contributed by atoms with Crippen molar-refractivity contribution in [3.8, 4) is 6.07 Å². The second-order valence-electron chi connectivity index (χ2n) is 7.92. The highest BCUT2D eigenvalue weighted by Gasteiger charge is 2.25. The summed E-state index contributed by atoms with van der Waals surface area (Å²) in [6.45, 7) is 5.44. The molecule has 0 aliphatic heterocycles. The Hall–Kier alpha value is -4.08. The summed E-state index contributed by atoms with van der Waals surface area (Å²) in [7, 11) is 0. The summed E-state index contributed by atoms with van der Waals surface area (Å²) < 4.78 is 15.8. The van der Waals surface area contributed by atoms with Gasteiger partial charge in [-0.2, -0.15) is 5.26 Å². The second-order valence-corrected chi connectivity index (χ2v) is 8.29. The molecule has 0 aliphatic rings. The molecule has 5 nitrogen and oxygen atoms in total. The maximum atomic E-state index is 14.1. The number of para-hydroxylation sites is 1. The van der Waals surface area contributed by atoms with Crippen molar-refractivity contribution in [2.24, 2.45) is 0 Å². The Labute approximate surface area is 201 Å². The molecule has 2 N–H and O–H groups in total. The number of carbonyl (C=O) groups is 1. The first-order chi connectivity index (χ1) is 16.3. The lowest BCUT2D eigenvalue weighted by molar-refractivity contribution is 0.0931. The molecule has 0 radical (unpaired) electrons. The van der Waals surface area contributed by atoms with Gasteiger partial charge in [-0.25, -0.2) is 4.39 Å². The maximum Gasteiger partial charge on any atom is 0.269 e. The summed E-state index contributed by atoms with van der Waals surface area (Å²) in [5.74, 6) is -1.03. The number of aliphatic hydroxyl groups is 1. The Morgan fingerprint density at radius 1 is 1.18 bits per heavy atom. The quantitative estimate of drug-likeness (QED) is 0.319. The van der Waals surface area contributed by atoms with Crippen molar-refractivity contribution in [2.45, 2.75) is 19.5 Å². The van der Waals surface area contributed by atoms with E-state index in [4.69, 9.17) is 11.6 Å².